The van der Waals surface area contributed by atoms with Crippen LogP contribution in [0.15, 0.2) is 72.9 Å². The second-order valence-corrected chi connectivity index (χ2v) is 18.1. The van der Waals surface area contributed by atoms with Gasteiger partial charge in [-0.2, -0.15) is 0 Å². The number of para-hydroxylation sites is 1. The Morgan fingerprint density at radius 2 is 1.81 bits per heavy atom. The first-order chi connectivity index (χ1) is 27.4. The van der Waals surface area contributed by atoms with Gasteiger partial charge in [0.2, 0.25) is 11.8 Å². The molecule has 2 aromatic carbocycles. The van der Waals surface area contributed by atoms with Gasteiger partial charge in [0.05, 0.1) is 17.6 Å². The van der Waals surface area contributed by atoms with Crippen molar-refractivity contribution >= 4 is 52.6 Å². The van der Waals surface area contributed by atoms with E-state index in [2.05, 4.69) is 15.4 Å². The van der Waals surface area contributed by atoms with Crippen molar-refractivity contribution in [3.05, 3.63) is 94.6 Å². The lowest BCUT2D eigenvalue weighted by molar-refractivity contribution is -0.148. The molecule has 3 saturated heterocycles. The van der Waals surface area contributed by atoms with Crippen LogP contribution in [-0.4, -0.2) is 82.3 Å². The van der Waals surface area contributed by atoms with E-state index < -0.39 is 43.9 Å². The van der Waals surface area contributed by atoms with E-state index in [1.807, 2.05) is 25.1 Å². The number of ether oxygens (including phenoxy) is 1. The minimum absolute atomic E-state index is 0.0492. The minimum Gasteiger partial charge on any atom is -0.465 e. The van der Waals surface area contributed by atoms with Gasteiger partial charge in [-0.15, -0.1) is 11.3 Å². The number of alkyl halides is 2. The molecule has 1 unspecified atom stereocenters. The Morgan fingerprint density at radius 1 is 1.02 bits per heavy atom. The number of benzene rings is 2. The standard InChI is InChI=1S/C41H46F2N5O7PS/c1-3-19-54-41(52)25(2)46-56(53,55-30-10-5-4-6-11-30)24-26-14-17-34-27(20-26)21-35(57-34)38(49)45-32-13-7-9-29-15-16-33(48(29)39(32)50)40(51)47-22-28(23-47)31-12-8-18-44-36(31)37(42)43/h4-6,8,10-12,14,17-18,20-21,25,28-29,32-33,37H,3,7,9,13,15-16,19,22-24H2,1-2H3,(H,45,49)(H,46,53)/t25-,29-,32-,33-,56?/m0/s1. The summed E-state index contributed by atoms with van der Waals surface area (Å²) < 4.78 is 53.5. The topological polar surface area (TPSA) is 147 Å². The Bertz CT molecular complexity index is 2170. The fourth-order valence-electron chi connectivity index (χ4n) is 7.96. The quantitative estimate of drug-likeness (QED) is 0.0996. The van der Waals surface area contributed by atoms with Gasteiger partial charge in [0.15, 0.2) is 0 Å². The average Bonchev–Trinajstić information content (AvgIpc) is 3.77. The number of pyridine rings is 1. The first-order valence-corrected chi connectivity index (χ1v) is 22.0. The van der Waals surface area contributed by atoms with Gasteiger partial charge in [0.1, 0.15) is 29.6 Å². The Morgan fingerprint density at radius 3 is 2.56 bits per heavy atom. The first kappa shape index (κ1) is 40.5. The van der Waals surface area contributed by atoms with Crippen LogP contribution in [0.1, 0.15) is 91.2 Å². The summed E-state index contributed by atoms with van der Waals surface area (Å²) in [7, 11) is -3.71. The van der Waals surface area contributed by atoms with Gasteiger partial charge in [-0.05, 0) is 98.4 Å². The molecule has 3 aliphatic heterocycles. The van der Waals surface area contributed by atoms with Crippen LogP contribution in [0.2, 0.25) is 0 Å². The van der Waals surface area contributed by atoms with Crippen LogP contribution in [-0.2, 0) is 29.8 Å². The van der Waals surface area contributed by atoms with Crippen molar-refractivity contribution in [1.82, 2.24) is 25.2 Å². The van der Waals surface area contributed by atoms with E-state index in [0.29, 0.717) is 53.9 Å². The number of aromatic nitrogens is 1. The Kier molecular flexibility index (Phi) is 12.4. The third kappa shape index (κ3) is 9.05. The molecule has 0 bridgehead atoms. The van der Waals surface area contributed by atoms with Crippen LogP contribution in [0.4, 0.5) is 8.78 Å². The normalized spacial score (nSPS) is 21.4. The number of nitrogens with one attached hydrogen (secondary N) is 2. The van der Waals surface area contributed by atoms with E-state index in [4.69, 9.17) is 9.26 Å². The molecule has 57 heavy (non-hydrogen) atoms. The van der Waals surface area contributed by atoms with Gasteiger partial charge in [-0.1, -0.05) is 37.3 Å². The number of fused-ring (bicyclic) bond motifs is 2. The van der Waals surface area contributed by atoms with Crippen molar-refractivity contribution in [3.8, 4) is 5.75 Å². The number of thiophene rings is 1. The molecule has 12 nitrogen and oxygen atoms in total. The summed E-state index contributed by atoms with van der Waals surface area (Å²) in [6, 6.07) is 16.6. The van der Waals surface area contributed by atoms with Crippen LogP contribution in [0, 0.1) is 0 Å². The van der Waals surface area contributed by atoms with E-state index in [1.54, 1.807) is 65.3 Å². The van der Waals surface area contributed by atoms with Gasteiger partial charge < -0.3 is 24.4 Å². The van der Waals surface area contributed by atoms with Gasteiger partial charge in [-0.25, -0.2) is 13.9 Å². The van der Waals surface area contributed by atoms with Crippen molar-refractivity contribution in [2.75, 3.05) is 19.7 Å². The molecule has 0 saturated carbocycles. The number of carbonyl (C=O) groups excluding carboxylic acids is 4. The highest BCUT2D eigenvalue weighted by molar-refractivity contribution is 7.56. The predicted molar refractivity (Wildman–Crippen MR) is 211 cm³/mol. The van der Waals surface area contributed by atoms with Crippen LogP contribution >= 0.6 is 18.9 Å². The van der Waals surface area contributed by atoms with E-state index in [9.17, 15) is 32.5 Å². The predicted octanol–water partition coefficient (Wildman–Crippen LogP) is 7.21. The van der Waals surface area contributed by atoms with E-state index in [0.717, 1.165) is 16.5 Å². The molecule has 3 amide bonds. The van der Waals surface area contributed by atoms with E-state index >= 15 is 0 Å². The number of likely N-dealkylation sites (tertiary alicyclic amines) is 1. The number of hydrogen-bond donors (Lipinski definition) is 2. The van der Waals surface area contributed by atoms with E-state index in [1.165, 1.54) is 17.5 Å². The van der Waals surface area contributed by atoms with Crippen LogP contribution in [0.25, 0.3) is 10.1 Å². The maximum Gasteiger partial charge on any atom is 0.323 e. The lowest BCUT2D eigenvalue weighted by atomic mass is 9.89. The molecule has 5 atom stereocenters. The lowest BCUT2D eigenvalue weighted by Gasteiger charge is -2.43. The molecule has 2 aromatic heterocycles. The van der Waals surface area contributed by atoms with Gasteiger partial charge in [-0.3, -0.25) is 28.7 Å². The first-order valence-electron chi connectivity index (χ1n) is 19.4. The summed E-state index contributed by atoms with van der Waals surface area (Å²) in [6.07, 6.45) is 2.27. The molecule has 16 heteroatoms. The van der Waals surface area contributed by atoms with Crippen LogP contribution < -0.4 is 14.9 Å². The highest BCUT2D eigenvalue weighted by atomic mass is 32.1. The largest absolute Gasteiger partial charge is 0.465 e. The molecule has 5 heterocycles. The van der Waals surface area contributed by atoms with Crippen molar-refractivity contribution < 1.29 is 41.8 Å². The number of amides is 3. The monoisotopic (exact) mass is 821 g/mol. The summed E-state index contributed by atoms with van der Waals surface area (Å²) in [4.78, 5) is 61.6. The molecule has 0 spiro atoms. The zero-order valence-corrected chi connectivity index (χ0v) is 33.5. The molecule has 3 aliphatic rings. The highest BCUT2D eigenvalue weighted by Gasteiger charge is 2.48. The fraction of sp³-hybridized carbons (Fsp3) is 0.439. The Labute approximate surface area is 333 Å². The van der Waals surface area contributed by atoms with Gasteiger partial charge in [0.25, 0.3) is 12.3 Å². The SMILES string of the molecule is CCCOC(=O)[C@H](C)NP(=O)(Cc1ccc2sc(C(=O)N[C@H]3CCC[C@H]4CC[C@@H](C(=O)N5CC(c6cccnc6C(F)F)C5)N4C3=O)cc2c1)Oc1ccccc1. The minimum atomic E-state index is -3.71. The van der Waals surface area contributed by atoms with Crippen LogP contribution in [0.5, 0.6) is 5.75 Å². The number of nitrogens with zero attached hydrogens (tertiary/aromatic N) is 3. The summed E-state index contributed by atoms with van der Waals surface area (Å²) in [5.41, 5.74) is 0.837. The van der Waals surface area contributed by atoms with Crippen molar-refractivity contribution in [1.29, 1.82) is 0 Å². The molecule has 302 valence electrons. The fourth-order valence-corrected chi connectivity index (χ4v) is 11.0. The summed E-state index contributed by atoms with van der Waals surface area (Å²) in [6.45, 7) is 4.27. The average molecular weight is 822 g/mol. The van der Waals surface area contributed by atoms with Gasteiger partial charge in [0, 0.05) is 35.9 Å². The number of esters is 1. The lowest BCUT2D eigenvalue weighted by Crippen LogP contribution is -2.58. The number of carbonyl (C=O) groups is 4. The third-order valence-electron chi connectivity index (χ3n) is 10.8. The third-order valence-corrected chi connectivity index (χ3v) is 14.0. The van der Waals surface area contributed by atoms with Gasteiger partial charge >= 0.3 is 13.5 Å². The highest BCUT2D eigenvalue weighted by Crippen LogP contribution is 2.47. The number of hydrogen-bond acceptors (Lipinski definition) is 9. The molecule has 2 N–H and O–H groups in total. The second-order valence-electron chi connectivity index (χ2n) is 14.9. The second kappa shape index (κ2) is 17.4. The molecular weight excluding hydrogens is 776 g/mol. The van der Waals surface area contributed by atoms with Crippen molar-refractivity contribution in [2.24, 2.45) is 0 Å². The van der Waals surface area contributed by atoms with Crippen molar-refractivity contribution in [2.45, 2.75) is 95.0 Å². The molecule has 7 rings (SSSR count). The molecule has 3 fully saturated rings. The smallest absolute Gasteiger partial charge is 0.323 e. The molecule has 0 aliphatic carbocycles. The summed E-state index contributed by atoms with van der Waals surface area (Å²) in [5.74, 6) is -1.30. The number of rotatable bonds is 14. The molecule has 4 aromatic rings. The Balaban J connectivity index is 1.02. The number of halogens is 2. The maximum atomic E-state index is 14.3. The molecular formula is C41H46F2N5O7PS. The zero-order valence-electron chi connectivity index (χ0n) is 31.8. The van der Waals surface area contributed by atoms with Crippen molar-refractivity contribution in [3.63, 3.8) is 0 Å². The zero-order chi connectivity index (χ0) is 40.3. The summed E-state index contributed by atoms with van der Waals surface area (Å²) >= 11 is 1.27. The maximum absolute atomic E-state index is 14.3. The van der Waals surface area contributed by atoms with E-state index in [-0.39, 0.29) is 55.3 Å². The Hall–Kier alpha value is -4.72. The van der Waals surface area contributed by atoms with Crippen LogP contribution in [0.3, 0.4) is 0 Å². The summed E-state index contributed by atoms with van der Waals surface area (Å²) in [5, 5.41) is 6.57. The molecule has 0 radical (unpaired) electrons.